The molecule has 2 aromatic heterocycles. The fourth-order valence-corrected chi connectivity index (χ4v) is 1.95. The van der Waals surface area contributed by atoms with E-state index in [-0.39, 0.29) is 5.69 Å². The van der Waals surface area contributed by atoms with Crippen LogP contribution in [0.1, 0.15) is 5.69 Å². The maximum atomic E-state index is 13.2. The molecule has 1 aromatic carbocycles. The summed E-state index contributed by atoms with van der Waals surface area (Å²) >= 11 is 0. The number of anilines is 1. The number of rotatable bonds is 1. The number of hydrogen-bond acceptors (Lipinski definition) is 3. The van der Waals surface area contributed by atoms with Crippen LogP contribution in [0.15, 0.2) is 12.1 Å². The third-order valence-electron chi connectivity index (χ3n) is 2.80. The van der Waals surface area contributed by atoms with Crippen molar-refractivity contribution >= 4 is 16.9 Å². The maximum Gasteiger partial charge on any atom is 0.194 e. The van der Waals surface area contributed by atoms with Crippen molar-refractivity contribution in [1.82, 2.24) is 20.0 Å². The third-order valence-corrected chi connectivity index (χ3v) is 2.80. The molecule has 0 unspecified atom stereocenters. The minimum atomic E-state index is -1.52. The van der Waals surface area contributed by atoms with E-state index in [0.717, 1.165) is 12.1 Å². The summed E-state index contributed by atoms with van der Waals surface area (Å²) in [4.78, 5) is 0. The van der Waals surface area contributed by atoms with Gasteiger partial charge in [0, 0.05) is 12.1 Å². The Hall–Kier alpha value is -2.51. The van der Waals surface area contributed by atoms with Crippen LogP contribution in [-0.2, 0) is 0 Å². The molecular formula is C11H8F3N5. The number of nitrogens with zero attached hydrogens (tertiary/aromatic N) is 3. The molecule has 0 fully saturated rings. The van der Waals surface area contributed by atoms with Crippen LogP contribution in [0.4, 0.5) is 19.0 Å². The number of fused-ring (bicyclic) bond motifs is 1. The summed E-state index contributed by atoms with van der Waals surface area (Å²) in [6.45, 7) is 1.68. The first-order valence-electron chi connectivity index (χ1n) is 5.33. The van der Waals surface area contributed by atoms with E-state index in [9.17, 15) is 13.2 Å². The molecule has 0 bridgehead atoms. The van der Waals surface area contributed by atoms with Crippen molar-refractivity contribution in [2.75, 3.05) is 5.73 Å². The van der Waals surface area contributed by atoms with E-state index in [1.165, 1.54) is 4.68 Å². The van der Waals surface area contributed by atoms with Gasteiger partial charge < -0.3 is 5.73 Å². The van der Waals surface area contributed by atoms with Gasteiger partial charge in [0.2, 0.25) is 0 Å². The van der Waals surface area contributed by atoms with Crippen LogP contribution < -0.4 is 5.73 Å². The Balaban J connectivity index is 2.30. The second-order valence-electron chi connectivity index (χ2n) is 4.06. The van der Waals surface area contributed by atoms with Gasteiger partial charge in [0.1, 0.15) is 5.82 Å². The highest BCUT2D eigenvalue weighted by molar-refractivity contribution is 5.89. The lowest BCUT2D eigenvalue weighted by atomic mass is 10.3. The van der Waals surface area contributed by atoms with E-state index < -0.39 is 17.5 Å². The lowest BCUT2D eigenvalue weighted by Crippen LogP contribution is -2.01. The topological polar surface area (TPSA) is 72.5 Å². The van der Waals surface area contributed by atoms with Gasteiger partial charge in [-0.05, 0) is 6.92 Å². The van der Waals surface area contributed by atoms with Crippen LogP contribution in [-0.4, -0.2) is 20.0 Å². The number of aromatic amines is 1. The summed E-state index contributed by atoms with van der Waals surface area (Å²) in [6, 6.07) is 1.68. The van der Waals surface area contributed by atoms with Crippen LogP contribution in [0.5, 0.6) is 0 Å². The van der Waals surface area contributed by atoms with Crippen molar-refractivity contribution < 1.29 is 13.2 Å². The maximum absolute atomic E-state index is 13.2. The summed E-state index contributed by atoms with van der Waals surface area (Å²) in [7, 11) is 0. The number of H-pyrrole nitrogens is 1. The number of halogens is 3. The van der Waals surface area contributed by atoms with Crippen LogP contribution >= 0.6 is 0 Å². The van der Waals surface area contributed by atoms with Gasteiger partial charge in [-0.3, -0.25) is 5.10 Å². The summed E-state index contributed by atoms with van der Waals surface area (Å²) in [5.74, 6) is -3.80. The van der Waals surface area contributed by atoms with Gasteiger partial charge in [-0.1, -0.05) is 0 Å². The van der Waals surface area contributed by atoms with Crippen molar-refractivity contribution in [1.29, 1.82) is 0 Å². The molecule has 0 saturated heterocycles. The molecule has 0 amide bonds. The van der Waals surface area contributed by atoms with Gasteiger partial charge in [-0.2, -0.15) is 10.2 Å². The predicted octanol–water partition coefficient (Wildman–Crippen LogP) is 2.06. The molecule has 0 aliphatic rings. The quantitative estimate of drug-likeness (QED) is 0.663. The molecule has 0 spiro atoms. The van der Waals surface area contributed by atoms with Crippen molar-refractivity contribution in [3.05, 3.63) is 35.3 Å². The number of nitrogens with two attached hydrogens (primary N) is 1. The number of hydrogen-bond donors (Lipinski definition) is 2. The highest BCUT2D eigenvalue weighted by atomic mass is 19.2. The third kappa shape index (κ3) is 1.56. The fourth-order valence-electron chi connectivity index (χ4n) is 1.95. The number of nitrogens with one attached hydrogen (secondary N) is 1. The second-order valence-corrected chi connectivity index (χ2v) is 4.06. The van der Waals surface area contributed by atoms with Crippen LogP contribution in [0, 0.1) is 24.4 Å². The minimum Gasteiger partial charge on any atom is -0.383 e. The lowest BCUT2D eigenvalue weighted by Gasteiger charge is -2.03. The molecular weight excluding hydrogens is 259 g/mol. The van der Waals surface area contributed by atoms with Crippen LogP contribution in [0.3, 0.4) is 0 Å². The molecule has 0 radical (unpaired) electrons. The average molecular weight is 267 g/mol. The summed E-state index contributed by atoms with van der Waals surface area (Å²) < 4.78 is 40.6. The molecule has 0 aliphatic heterocycles. The van der Waals surface area contributed by atoms with Crippen LogP contribution in [0.2, 0.25) is 0 Å². The Morgan fingerprint density at radius 1 is 1.21 bits per heavy atom. The number of aryl methyl sites for hydroxylation is 1. The zero-order valence-corrected chi connectivity index (χ0v) is 9.71. The first-order valence-corrected chi connectivity index (χ1v) is 5.33. The van der Waals surface area contributed by atoms with Gasteiger partial charge >= 0.3 is 0 Å². The van der Waals surface area contributed by atoms with Crippen molar-refractivity contribution in [2.24, 2.45) is 0 Å². The SMILES string of the molecule is Cc1nn(-c2cc(F)c(F)c(F)c2)c2n[nH]c(N)c12. The van der Waals surface area contributed by atoms with Crippen molar-refractivity contribution in [3.63, 3.8) is 0 Å². The molecule has 0 aliphatic carbocycles. The largest absolute Gasteiger partial charge is 0.383 e. The smallest absolute Gasteiger partial charge is 0.194 e. The number of aromatic nitrogens is 4. The van der Waals surface area contributed by atoms with E-state index in [1.807, 2.05) is 0 Å². The molecule has 2 heterocycles. The molecule has 8 heteroatoms. The van der Waals surface area contributed by atoms with E-state index in [0.29, 0.717) is 22.5 Å². The van der Waals surface area contributed by atoms with Gasteiger partial charge in [0.15, 0.2) is 23.1 Å². The summed E-state index contributed by atoms with van der Waals surface area (Å²) in [6.07, 6.45) is 0. The van der Waals surface area contributed by atoms with E-state index in [2.05, 4.69) is 15.3 Å². The molecule has 5 nitrogen and oxygen atoms in total. The Kier molecular flexibility index (Phi) is 2.28. The highest BCUT2D eigenvalue weighted by Gasteiger charge is 2.18. The number of benzene rings is 1. The number of nitrogen functional groups attached to an aromatic ring is 1. The zero-order valence-electron chi connectivity index (χ0n) is 9.71. The summed E-state index contributed by atoms with van der Waals surface area (Å²) in [5, 5.41) is 11.1. The normalized spacial score (nSPS) is 11.4. The Morgan fingerprint density at radius 3 is 2.47 bits per heavy atom. The van der Waals surface area contributed by atoms with Gasteiger partial charge in [0.25, 0.3) is 0 Å². The Labute approximate surface area is 104 Å². The molecule has 19 heavy (non-hydrogen) atoms. The average Bonchev–Trinajstić information content (AvgIpc) is 2.88. The molecule has 0 saturated carbocycles. The van der Waals surface area contributed by atoms with E-state index in [1.54, 1.807) is 6.92 Å². The lowest BCUT2D eigenvalue weighted by molar-refractivity contribution is 0.446. The van der Waals surface area contributed by atoms with Crippen molar-refractivity contribution in [3.8, 4) is 5.69 Å². The summed E-state index contributed by atoms with van der Waals surface area (Å²) in [5.41, 5.74) is 6.57. The van der Waals surface area contributed by atoms with E-state index >= 15 is 0 Å². The zero-order chi connectivity index (χ0) is 13.7. The predicted molar refractivity (Wildman–Crippen MR) is 62.2 cm³/mol. The molecule has 98 valence electrons. The Bertz CT molecular complexity index is 766. The van der Waals surface area contributed by atoms with E-state index in [4.69, 9.17) is 5.73 Å². The molecule has 3 rings (SSSR count). The van der Waals surface area contributed by atoms with Gasteiger partial charge in [0.05, 0.1) is 16.8 Å². The molecule has 3 aromatic rings. The Morgan fingerprint density at radius 2 is 1.84 bits per heavy atom. The van der Waals surface area contributed by atoms with Gasteiger partial charge in [-0.15, -0.1) is 0 Å². The molecule has 3 N–H and O–H groups in total. The first kappa shape index (κ1) is 11.6. The minimum absolute atomic E-state index is 0.0287. The second kappa shape index (κ2) is 3.74. The molecule has 0 atom stereocenters. The van der Waals surface area contributed by atoms with Crippen LogP contribution in [0.25, 0.3) is 16.7 Å². The monoisotopic (exact) mass is 267 g/mol. The highest BCUT2D eigenvalue weighted by Crippen LogP contribution is 2.25. The standard InChI is InChI=1S/C11H8F3N5/c1-4-8-10(15)16-17-11(8)19(18-4)5-2-6(12)9(14)7(13)3-5/h2-3H,1H3,(H3,15,16,17). The fraction of sp³-hybridized carbons (Fsp3) is 0.0909. The van der Waals surface area contributed by atoms with Gasteiger partial charge in [-0.25, -0.2) is 17.9 Å². The van der Waals surface area contributed by atoms with Crippen molar-refractivity contribution in [2.45, 2.75) is 6.92 Å². The first-order chi connectivity index (χ1) is 8.99.